The fourth-order valence-corrected chi connectivity index (χ4v) is 4.16. The Labute approximate surface area is 166 Å². The fourth-order valence-electron chi connectivity index (χ4n) is 4.16. The highest BCUT2D eigenvalue weighted by Gasteiger charge is 2.28. The molecule has 1 unspecified atom stereocenters. The largest absolute Gasteiger partial charge is 0.511 e. The van der Waals surface area contributed by atoms with E-state index in [0.29, 0.717) is 18.4 Å². The molecule has 2 aromatic carbocycles. The molecule has 2 aromatic rings. The zero-order chi connectivity index (χ0) is 19.7. The highest BCUT2D eigenvalue weighted by Crippen LogP contribution is 2.34. The van der Waals surface area contributed by atoms with Crippen molar-refractivity contribution in [2.24, 2.45) is 4.99 Å². The average molecular weight is 374 g/mol. The summed E-state index contributed by atoms with van der Waals surface area (Å²) >= 11 is 0. The third kappa shape index (κ3) is 3.72. The van der Waals surface area contributed by atoms with Crippen LogP contribution in [-0.2, 0) is 17.6 Å². The first kappa shape index (κ1) is 18.5. The molecule has 0 saturated carbocycles. The number of allylic oxidation sites excluding steroid dienone is 2. The van der Waals surface area contributed by atoms with Crippen LogP contribution >= 0.6 is 0 Å². The lowest BCUT2D eigenvalue weighted by atomic mass is 9.83. The summed E-state index contributed by atoms with van der Waals surface area (Å²) in [5, 5.41) is 10.5. The maximum atomic E-state index is 12.7. The van der Waals surface area contributed by atoms with Crippen molar-refractivity contribution in [3.8, 4) is 0 Å². The van der Waals surface area contributed by atoms with Crippen molar-refractivity contribution >= 4 is 17.7 Å². The molecular formula is C24H26N2O2. The Morgan fingerprint density at radius 2 is 1.61 bits per heavy atom. The number of benzene rings is 2. The van der Waals surface area contributed by atoms with Gasteiger partial charge in [0.15, 0.2) is 5.78 Å². The standard InChI is InChI=1S/C24H26N2O2/c1-26(2)21-9-7-16(8-10-21)19-13-23(27)22(24(28)14-19)15-25-20-11-17-5-3-4-6-18(17)12-20/h3-10,15,19-20,27H,11-14H2,1-2H3. The average Bonchev–Trinajstić information content (AvgIpc) is 3.10. The quantitative estimate of drug-likeness (QED) is 0.814. The number of nitrogens with zero attached hydrogens (tertiary/aromatic N) is 2. The van der Waals surface area contributed by atoms with Crippen LogP contribution in [-0.4, -0.2) is 37.2 Å². The van der Waals surface area contributed by atoms with E-state index in [4.69, 9.17) is 0 Å². The van der Waals surface area contributed by atoms with Gasteiger partial charge in [0.2, 0.25) is 0 Å². The van der Waals surface area contributed by atoms with Crippen LogP contribution in [0.1, 0.15) is 35.4 Å². The summed E-state index contributed by atoms with van der Waals surface area (Å²) < 4.78 is 0. The number of hydrogen-bond donors (Lipinski definition) is 1. The lowest BCUT2D eigenvalue weighted by Gasteiger charge is -2.23. The molecule has 0 aliphatic heterocycles. The molecule has 1 atom stereocenters. The van der Waals surface area contributed by atoms with Crippen LogP contribution in [0.25, 0.3) is 0 Å². The van der Waals surface area contributed by atoms with Gasteiger partial charge < -0.3 is 10.0 Å². The first-order chi connectivity index (χ1) is 13.5. The number of hydrogen-bond acceptors (Lipinski definition) is 4. The van der Waals surface area contributed by atoms with Gasteiger partial charge in [-0.1, -0.05) is 36.4 Å². The van der Waals surface area contributed by atoms with Crippen LogP contribution in [0.3, 0.4) is 0 Å². The molecule has 0 spiro atoms. The number of carbonyl (C=O) groups excluding carboxylic acids is 1. The number of carbonyl (C=O) groups is 1. The number of aliphatic hydroxyl groups excluding tert-OH is 1. The summed E-state index contributed by atoms with van der Waals surface area (Å²) in [6.45, 7) is 0. The predicted octanol–water partition coefficient (Wildman–Crippen LogP) is 4.25. The number of aliphatic hydroxyl groups is 1. The van der Waals surface area contributed by atoms with E-state index in [2.05, 4.69) is 53.5 Å². The minimum Gasteiger partial charge on any atom is -0.511 e. The molecule has 4 heteroatoms. The Bertz CT molecular complexity index is 916. The second kappa shape index (κ2) is 7.63. The van der Waals surface area contributed by atoms with Crippen LogP contribution < -0.4 is 4.90 Å². The summed E-state index contributed by atoms with van der Waals surface area (Å²) in [7, 11) is 4.00. The Hall–Kier alpha value is -2.88. The van der Waals surface area contributed by atoms with Gasteiger partial charge in [-0.3, -0.25) is 9.79 Å². The first-order valence-corrected chi connectivity index (χ1v) is 9.84. The maximum absolute atomic E-state index is 12.7. The Morgan fingerprint density at radius 1 is 0.964 bits per heavy atom. The van der Waals surface area contributed by atoms with E-state index in [1.807, 2.05) is 19.0 Å². The lowest BCUT2D eigenvalue weighted by Crippen LogP contribution is -2.20. The number of aliphatic imine (C=N–C) groups is 1. The first-order valence-electron chi connectivity index (χ1n) is 9.84. The van der Waals surface area contributed by atoms with Crippen LogP contribution in [0.4, 0.5) is 5.69 Å². The van der Waals surface area contributed by atoms with E-state index in [1.54, 1.807) is 6.21 Å². The molecule has 144 valence electrons. The Kier molecular flexibility index (Phi) is 5.03. The number of anilines is 1. The van der Waals surface area contributed by atoms with Gasteiger partial charge in [0.1, 0.15) is 5.76 Å². The van der Waals surface area contributed by atoms with Gasteiger partial charge >= 0.3 is 0 Å². The second-order valence-corrected chi connectivity index (χ2v) is 7.98. The Morgan fingerprint density at radius 3 is 2.18 bits per heavy atom. The van der Waals surface area contributed by atoms with E-state index >= 15 is 0 Å². The van der Waals surface area contributed by atoms with Crippen LogP contribution in [0, 0.1) is 0 Å². The van der Waals surface area contributed by atoms with Gasteiger partial charge in [0, 0.05) is 38.8 Å². The summed E-state index contributed by atoms with van der Waals surface area (Å²) in [5.41, 5.74) is 5.26. The summed E-state index contributed by atoms with van der Waals surface area (Å²) in [4.78, 5) is 19.3. The number of Topliss-reactive ketones (excluding diaryl/α,β-unsaturated/α-hetero) is 1. The van der Waals surface area contributed by atoms with E-state index < -0.39 is 0 Å². The van der Waals surface area contributed by atoms with Crippen LogP contribution in [0.2, 0.25) is 0 Å². The summed E-state index contributed by atoms with van der Waals surface area (Å²) in [6, 6.07) is 16.7. The topological polar surface area (TPSA) is 52.9 Å². The van der Waals surface area contributed by atoms with Gasteiger partial charge in [0.05, 0.1) is 11.6 Å². The van der Waals surface area contributed by atoms with Gasteiger partial charge in [-0.25, -0.2) is 0 Å². The van der Waals surface area contributed by atoms with Gasteiger partial charge in [-0.15, -0.1) is 0 Å². The molecule has 0 amide bonds. The number of ketones is 1. The third-order valence-electron chi connectivity index (χ3n) is 5.81. The van der Waals surface area contributed by atoms with Gasteiger partial charge in [0.25, 0.3) is 0 Å². The molecule has 28 heavy (non-hydrogen) atoms. The molecule has 2 aliphatic carbocycles. The van der Waals surface area contributed by atoms with Crippen molar-refractivity contribution in [3.05, 3.63) is 76.6 Å². The minimum absolute atomic E-state index is 0.0234. The zero-order valence-corrected chi connectivity index (χ0v) is 16.4. The normalized spacial score (nSPS) is 20.1. The van der Waals surface area contributed by atoms with Crippen LogP contribution in [0.15, 0.2) is 64.9 Å². The molecule has 2 aliphatic rings. The number of rotatable bonds is 4. The molecule has 0 radical (unpaired) electrons. The van der Waals surface area contributed by atoms with Crippen molar-refractivity contribution in [1.82, 2.24) is 0 Å². The number of fused-ring (bicyclic) bond motifs is 1. The molecular weight excluding hydrogens is 348 g/mol. The van der Waals surface area contributed by atoms with E-state index in [9.17, 15) is 9.90 Å². The fraction of sp³-hybridized carbons (Fsp3) is 0.333. The van der Waals surface area contributed by atoms with Gasteiger partial charge in [-0.05, 0) is 47.6 Å². The molecule has 0 bridgehead atoms. The molecule has 0 saturated heterocycles. The molecule has 0 fully saturated rings. The molecule has 0 aromatic heterocycles. The van der Waals surface area contributed by atoms with Gasteiger partial charge in [-0.2, -0.15) is 0 Å². The van der Waals surface area contributed by atoms with Crippen molar-refractivity contribution in [2.45, 2.75) is 37.6 Å². The van der Waals surface area contributed by atoms with Crippen molar-refractivity contribution in [1.29, 1.82) is 0 Å². The summed E-state index contributed by atoms with van der Waals surface area (Å²) in [6.07, 6.45) is 4.31. The molecule has 0 heterocycles. The molecule has 4 rings (SSSR count). The van der Waals surface area contributed by atoms with E-state index in [0.717, 1.165) is 24.1 Å². The molecule has 1 N–H and O–H groups in total. The summed E-state index contributed by atoms with van der Waals surface area (Å²) in [5.74, 6) is 0.165. The third-order valence-corrected chi connectivity index (χ3v) is 5.81. The van der Waals surface area contributed by atoms with Crippen LogP contribution in [0.5, 0.6) is 0 Å². The second-order valence-electron chi connectivity index (χ2n) is 7.98. The zero-order valence-electron chi connectivity index (χ0n) is 16.4. The SMILES string of the molecule is CN(C)c1ccc(C2CC(=O)C(C=NC3Cc4ccccc4C3)=C(O)C2)cc1. The highest BCUT2D eigenvalue weighted by atomic mass is 16.3. The highest BCUT2D eigenvalue weighted by molar-refractivity contribution is 6.14. The van der Waals surface area contributed by atoms with Crippen molar-refractivity contribution in [2.75, 3.05) is 19.0 Å². The predicted molar refractivity (Wildman–Crippen MR) is 114 cm³/mol. The van der Waals surface area contributed by atoms with E-state index in [1.165, 1.54) is 11.1 Å². The maximum Gasteiger partial charge on any atom is 0.168 e. The Balaban J connectivity index is 1.46. The lowest BCUT2D eigenvalue weighted by molar-refractivity contribution is -0.116. The minimum atomic E-state index is -0.0234. The smallest absolute Gasteiger partial charge is 0.168 e. The van der Waals surface area contributed by atoms with E-state index in [-0.39, 0.29) is 23.5 Å². The monoisotopic (exact) mass is 374 g/mol. The van der Waals surface area contributed by atoms with Crippen molar-refractivity contribution in [3.63, 3.8) is 0 Å². The molecule has 4 nitrogen and oxygen atoms in total. The van der Waals surface area contributed by atoms with Crippen molar-refractivity contribution < 1.29 is 9.90 Å².